The van der Waals surface area contributed by atoms with Gasteiger partial charge in [0.15, 0.2) is 0 Å². The molecule has 0 spiro atoms. The monoisotopic (exact) mass is 260 g/mol. The van der Waals surface area contributed by atoms with Gasteiger partial charge in [-0.1, -0.05) is 6.92 Å². The van der Waals surface area contributed by atoms with Crippen molar-refractivity contribution in [1.82, 2.24) is 10.2 Å². The number of nitrogens with one attached hydrogen (secondary N) is 1. The molecule has 0 aromatic carbocycles. The highest BCUT2D eigenvalue weighted by Gasteiger charge is 2.23. The van der Waals surface area contributed by atoms with E-state index in [1.165, 1.54) is 25.7 Å². The van der Waals surface area contributed by atoms with Gasteiger partial charge in [0.1, 0.15) is 0 Å². The van der Waals surface area contributed by atoms with Crippen LogP contribution in [0.5, 0.6) is 0 Å². The van der Waals surface area contributed by atoms with E-state index >= 15 is 0 Å². The molecule has 2 aliphatic rings. The summed E-state index contributed by atoms with van der Waals surface area (Å²) in [5.74, 6) is 1.84. The highest BCUT2D eigenvalue weighted by Crippen LogP contribution is 2.21. The average Bonchev–Trinajstić information content (AvgIpc) is 2.31. The van der Waals surface area contributed by atoms with Crippen LogP contribution in [0.15, 0.2) is 0 Å². The molecule has 0 atom stereocenters. The van der Waals surface area contributed by atoms with Crippen molar-refractivity contribution < 1.29 is 4.79 Å². The highest BCUT2D eigenvalue weighted by atomic mass is 35.5. The van der Waals surface area contributed by atoms with Crippen molar-refractivity contribution in [3.8, 4) is 0 Å². The first-order valence-electron chi connectivity index (χ1n) is 6.74. The summed E-state index contributed by atoms with van der Waals surface area (Å²) in [6, 6.07) is 0. The topological polar surface area (TPSA) is 32.3 Å². The smallest absolute Gasteiger partial charge is 0.222 e. The minimum atomic E-state index is 0. The number of likely N-dealkylation sites (tertiary alicyclic amines) is 1. The number of rotatable bonds is 2. The quantitative estimate of drug-likeness (QED) is 0.824. The van der Waals surface area contributed by atoms with Crippen molar-refractivity contribution in [3.63, 3.8) is 0 Å². The van der Waals surface area contributed by atoms with Gasteiger partial charge < -0.3 is 10.2 Å². The third-order valence-electron chi connectivity index (χ3n) is 4.06. The predicted molar refractivity (Wildman–Crippen MR) is 72.4 cm³/mol. The van der Waals surface area contributed by atoms with E-state index in [-0.39, 0.29) is 12.4 Å². The standard InChI is InChI=1S/C13H24N2O.ClH/c1-11-4-8-15(9-5-11)13(16)10-12-2-6-14-7-3-12;/h11-12,14H,2-10H2,1H3;1H. The molecule has 2 rings (SSSR count). The molecule has 1 N–H and O–H groups in total. The van der Waals surface area contributed by atoms with Gasteiger partial charge in [-0.25, -0.2) is 0 Å². The molecule has 0 bridgehead atoms. The van der Waals surface area contributed by atoms with Crippen LogP contribution in [-0.2, 0) is 4.79 Å². The van der Waals surface area contributed by atoms with Gasteiger partial charge in [0.25, 0.3) is 0 Å². The van der Waals surface area contributed by atoms with Crippen molar-refractivity contribution in [2.45, 2.75) is 39.0 Å². The van der Waals surface area contributed by atoms with Crippen LogP contribution in [0.4, 0.5) is 0 Å². The highest BCUT2D eigenvalue weighted by molar-refractivity contribution is 5.85. The Morgan fingerprint density at radius 2 is 1.76 bits per heavy atom. The number of amides is 1. The number of hydrogen-bond acceptors (Lipinski definition) is 2. The molecule has 100 valence electrons. The summed E-state index contributed by atoms with van der Waals surface area (Å²) in [6.07, 6.45) is 5.53. The second-order valence-corrected chi connectivity index (χ2v) is 5.46. The van der Waals surface area contributed by atoms with Gasteiger partial charge in [0.05, 0.1) is 0 Å². The summed E-state index contributed by atoms with van der Waals surface area (Å²) in [7, 11) is 0. The SMILES string of the molecule is CC1CCN(C(=O)CC2CCNCC2)CC1.Cl. The van der Waals surface area contributed by atoms with E-state index in [1.807, 2.05) is 0 Å². The average molecular weight is 261 g/mol. The minimum Gasteiger partial charge on any atom is -0.343 e. The van der Waals surface area contributed by atoms with Gasteiger partial charge in [-0.05, 0) is 50.6 Å². The first kappa shape index (κ1) is 14.8. The third kappa shape index (κ3) is 4.47. The van der Waals surface area contributed by atoms with Crippen LogP contribution in [0.3, 0.4) is 0 Å². The Hall–Kier alpha value is -0.280. The van der Waals surface area contributed by atoms with Crippen LogP contribution in [0, 0.1) is 11.8 Å². The zero-order valence-electron chi connectivity index (χ0n) is 10.8. The summed E-state index contributed by atoms with van der Waals surface area (Å²) < 4.78 is 0. The molecule has 2 saturated heterocycles. The normalized spacial score (nSPS) is 23.2. The molecular weight excluding hydrogens is 236 g/mol. The molecule has 1 amide bonds. The van der Waals surface area contributed by atoms with E-state index in [1.54, 1.807) is 0 Å². The van der Waals surface area contributed by atoms with Crippen LogP contribution < -0.4 is 5.32 Å². The molecule has 17 heavy (non-hydrogen) atoms. The zero-order valence-corrected chi connectivity index (χ0v) is 11.6. The molecule has 4 heteroatoms. The van der Waals surface area contributed by atoms with Gasteiger partial charge in [-0.15, -0.1) is 12.4 Å². The fourth-order valence-corrected chi connectivity index (χ4v) is 2.72. The predicted octanol–water partition coefficient (Wildman–Crippen LogP) is 2.06. The van der Waals surface area contributed by atoms with Crippen LogP contribution in [0.25, 0.3) is 0 Å². The molecule has 3 nitrogen and oxygen atoms in total. The maximum Gasteiger partial charge on any atom is 0.222 e. The van der Waals surface area contributed by atoms with E-state index in [0.717, 1.165) is 38.5 Å². The Morgan fingerprint density at radius 3 is 2.35 bits per heavy atom. The van der Waals surface area contributed by atoms with E-state index < -0.39 is 0 Å². The molecule has 0 radical (unpaired) electrons. The van der Waals surface area contributed by atoms with Crippen molar-refractivity contribution in [2.24, 2.45) is 11.8 Å². The molecule has 2 heterocycles. The number of carbonyl (C=O) groups excluding carboxylic acids is 1. The molecule has 0 aromatic heterocycles. The number of halogens is 1. The number of piperidine rings is 2. The van der Waals surface area contributed by atoms with Gasteiger partial charge in [-0.3, -0.25) is 4.79 Å². The Bertz CT molecular complexity index is 234. The Morgan fingerprint density at radius 1 is 1.18 bits per heavy atom. The maximum absolute atomic E-state index is 12.1. The molecule has 0 aromatic rings. The molecule has 0 aliphatic carbocycles. The van der Waals surface area contributed by atoms with Crippen LogP contribution in [0.1, 0.15) is 39.0 Å². The van der Waals surface area contributed by atoms with Crippen LogP contribution in [-0.4, -0.2) is 37.0 Å². The Kier molecular flexibility index (Phi) is 6.28. The second kappa shape index (κ2) is 7.22. The lowest BCUT2D eigenvalue weighted by Gasteiger charge is -2.32. The Balaban J connectivity index is 0.00000144. The molecular formula is C13H25ClN2O. The molecule has 0 saturated carbocycles. The first-order chi connectivity index (χ1) is 7.75. The molecule has 0 unspecified atom stereocenters. The number of hydrogen-bond donors (Lipinski definition) is 1. The van der Waals surface area contributed by atoms with Gasteiger partial charge in [0.2, 0.25) is 5.91 Å². The van der Waals surface area contributed by atoms with Gasteiger partial charge in [-0.2, -0.15) is 0 Å². The van der Waals surface area contributed by atoms with Crippen molar-refractivity contribution >= 4 is 18.3 Å². The fraction of sp³-hybridized carbons (Fsp3) is 0.923. The van der Waals surface area contributed by atoms with E-state index in [4.69, 9.17) is 0 Å². The minimum absolute atomic E-state index is 0. The summed E-state index contributed by atoms with van der Waals surface area (Å²) in [5, 5.41) is 3.35. The van der Waals surface area contributed by atoms with E-state index in [0.29, 0.717) is 11.8 Å². The molecule has 2 fully saturated rings. The number of carbonyl (C=O) groups is 1. The largest absolute Gasteiger partial charge is 0.343 e. The summed E-state index contributed by atoms with van der Waals surface area (Å²) in [5.41, 5.74) is 0. The van der Waals surface area contributed by atoms with Crippen molar-refractivity contribution in [2.75, 3.05) is 26.2 Å². The van der Waals surface area contributed by atoms with Crippen molar-refractivity contribution in [1.29, 1.82) is 0 Å². The Labute approximate surface area is 111 Å². The summed E-state index contributed by atoms with van der Waals surface area (Å²) >= 11 is 0. The maximum atomic E-state index is 12.1. The summed E-state index contributed by atoms with van der Waals surface area (Å²) in [6.45, 7) is 6.45. The zero-order chi connectivity index (χ0) is 11.4. The number of nitrogens with zero attached hydrogens (tertiary/aromatic N) is 1. The molecule has 2 aliphatic heterocycles. The van der Waals surface area contributed by atoms with E-state index in [9.17, 15) is 4.79 Å². The first-order valence-corrected chi connectivity index (χ1v) is 6.74. The van der Waals surface area contributed by atoms with Crippen LogP contribution >= 0.6 is 12.4 Å². The third-order valence-corrected chi connectivity index (χ3v) is 4.06. The van der Waals surface area contributed by atoms with Crippen LogP contribution in [0.2, 0.25) is 0 Å². The van der Waals surface area contributed by atoms with Gasteiger partial charge >= 0.3 is 0 Å². The van der Waals surface area contributed by atoms with Gasteiger partial charge in [0, 0.05) is 19.5 Å². The summed E-state index contributed by atoms with van der Waals surface area (Å²) in [4.78, 5) is 14.2. The lowest BCUT2D eigenvalue weighted by Crippen LogP contribution is -2.39. The lowest BCUT2D eigenvalue weighted by atomic mass is 9.93. The van der Waals surface area contributed by atoms with E-state index in [2.05, 4.69) is 17.1 Å². The fourth-order valence-electron chi connectivity index (χ4n) is 2.72. The lowest BCUT2D eigenvalue weighted by molar-refractivity contribution is -0.133. The van der Waals surface area contributed by atoms with Crippen molar-refractivity contribution in [3.05, 3.63) is 0 Å². The second-order valence-electron chi connectivity index (χ2n) is 5.46.